The fraction of sp³-hybridized carbons (Fsp3) is 0.333. The average Bonchev–Trinajstić information content (AvgIpc) is 2.14. The van der Waals surface area contributed by atoms with Crippen molar-refractivity contribution in [1.29, 1.82) is 0 Å². The Morgan fingerprint density at radius 3 is 2.92 bits per heavy atom. The molecule has 4 heteroatoms. The van der Waals surface area contributed by atoms with Gasteiger partial charge in [0.05, 0.1) is 12.6 Å². The molecule has 0 radical (unpaired) electrons. The Hall–Kier alpha value is -1.51. The van der Waals surface area contributed by atoms with E-state index in [1.54, 1.807) is 0 Å². The fourth-order valence-corrected chi connectivity index (χ4v) is 1.15. The molecule has 0 aromatic heterocycles. The lowest BCUT2D eigenvalue weighted by Gasteiger charge is -2.07. The summed E-state index contributed by atoms with van der Waals surface area (Å²) in [6, 6.07) is 7.09. The van der Waals surface area contributed by atoms with Crippen LogP contribution in [0.4, 0.5) is 0 Å². The molecule has 1 aromatic carbocycles. The minimum absolute atomic E-state index is 0.159. The van der Waals surface area contributed by atoms with Crippen LogP contribution >= 0.6 is 0 Å². The summed E-state index contributed by atoms with van der Waals surface area (Å²) in [5.41, 5.74) is 10.2. The third-order valence-corrected chi connectivity index (χ3v) is 1.79. The summed E-state index contributed by atoms with van der Waals surface area (Å²) in [6.07, 6.45) is 0. The molecule has 0 bridgehead atoms. The molecule has 13 heavy (non-hydrogen) atoms. The van der Waals surface area contributed by atoms with Crippen molar-refractivity contribution in [3.8, 4) is 0 Å². The van der Waals surface area contributed by atoms with E-state index in [4.69, 9.17) is 10.6 Å². The van der Waals surface area contributed by atoms with Crippen LogP contribution in [0.5, 0.6) is 0 Å². The molecular weight excluding hydrogens is 166 g/mol. The molecule has 0 spiro atoms. The Bertz CT molecular complexity index is 331. The molecule has 0 aliphatic rings. The van der Waals surface area contributed by atoms with Gasteiger partial charge < -0.3 is 5.11 Å². The zero-order chi connectivity index (χ0) is 9.68. The maximum atomic E-state index is 8.94. The highest BCUT2D eigenvalue weighted by Crippen LogP contribution is 2.17. The van der Waals surface area contributed by atoms with Crippen molar-refractivity contribution in [2.45, 2.75) is 13.0 Å². The van der Waals surface area contributed by atoms with Gasteiger partial charge in [-0.1, -0.05) is 34.9 Å². The number of azide groups is 1. The van der Waals surface area contributed by atoms with E-state index in [1.165, 1.54) is 0 Å². The summed E-state index contributed by atoms with van der Waals surface area (Å²) in [7, 11) is 0. The summed E-state index contributed by atoms with van der Waals surface area (Å²) < 4.78 is 0. The normalized spacial score (nSPS) is 11.8. The van der Waals surface area contributed by atoms with Crippen molar-refractivity contribution in [2.24, 2.45) is 5.11 Å². The summed E-state index contributed by atoms with van der Waals surface area (Å²) in [4.78, 5) is 2.68. The van der Waals surface area contributed by atoms with E-state index >= 15 is 0 Å². The maximum absolute atomic E-state index is 8.94. The smallest absolute Gasteiger partial charge is 0.0856 e. The Morgan fingerprint density at radius 2 is 2.38 bits per heavy atom. The Kier molecular flexibility index (Phi) is 3.31. The van der Waals surface area contributed by atoms with Crippen LogP contribution in [0.25, 0.3) is 10.4 Å². The van der Waals surface area contributed by atoms with Gasteiger partial charge in [0.1, 0.15) is 0 Å². The number of aliphatic hydroxyl groups excluding tert-OH is 1. The molecular formula is C9H11N3O. The van der Waals surface area contributed by atoms with Gasteiger partial charge in [-0.2, -0.15) is 0 Å². The quantitative estimate of drug-likeness (QED) is 0.429. The molecule has 0 heterocycles. The number of hydrogen-bond donors (Lipinski definition) is 1. The predicted molar refractivity (Wildman–Crippen MR) is 50.2 cm³/mol. The zero-order valence-electron chi connectivity index (χ0n) is 7.38. The van der Waals surface area contributed by atoms with Gasteiger partial charge in [0.25, 0.3) is 0 Å². The first kappa shape index (κ1) is 9.58. The first-order valence-electron chi connectivity index (χ1n) is 3.99. The van der Waals surface area contributed by atoms with Gasteiger partial charge in [-0.3, -0.25) is 0 Å². The Balaban J connectivity index is 2.97. The third kappa shape index (κ3) is 2.47. The molecule has 1 atom stereocenters. The lowest BCUT2D eigenvalue weighted by Crippen LogP contribution is -1.99. The number of aryl methyl sites for hydroxylation is 1. The number of nitrogens with zero attached hydrogens (tertiary/aromatic N) is 3. The minimum Gasteiger partial charge on any atom is -0.396 e. The van der Waals surface area contributed by atoms with E-state index in [0.717, 1.165) is 11.1 Å². The molecule has 0 amide bonds. The zero-order valence-corrected chi connectivity index (χ0v) is 7.38. The molecule has 1 unspecified atom stereocenters. The van der Waals surface area contributed by atoms with Crippen molar-refractivity contribution in [3.05, 3.63) is 45.8 Å². The van der Waals surface area contributed by atoms with Crippen LogP contribution in [0.2, 0.25) is 0 Å². The molecule has 1 rings (SSSR count). The second kappa shape index (κ2) is 4.50. The van der Waals surface area contributed by atoms with Gasteiger partial charge in [0.2, 0.25) is 0 Å². The summed E-state index contributed by atoms with van der Waals surface area (Å²) in [5.74, 6) is 0. The second-order valence-corrected chi connectivity index (χ2v) is 2.82. The predicted octanol–water partition coefficient (Wildman–Crippen LogP) is 2.34. The van der Waals surface area contributed by atoms with Crippen LogP contribution in [0, 0.1) is 6.92 Å². The highest BCUT2D eigenvalue weighted by molar-refractivity contribution is 5.25. The molecule has 0 fully saturated rings. The van der Waals surface area contributed by atoms with Crippen LogP contribution in [0.1, 0.15) is 17.2 Å². The summed E-state index contributed by atoms with van der Waals surface area (Å²) >= 11 is 0. The summed E-state index contributed by atoms with van der Waals surface area (Å²) in [6.45, 7) is 1.79. The van der Waals surface area contributed by atoms with E-state index < -0.39 is 6.04 Å². The third-order valence-electron chi connectivity index (χ3n) is 1.79. The average molecular weight is 177 g/mol. The Labute approximate surface area is 76.5 Å². The van der Waals surface area contributed by atoms with Crippen LogP contribution in [-0.4, -0.2) is 11.7 Å². The highest BCUT2D eigenvalue weighted by Gasteiger charge is 2.06. The van der Waals surface area contributed by atoms with Gasteiger partial charge in [0, 0.05) is 4.91 Å². The van der Waals surface area contributed by atoms with Crippen LogP contribution < -0.4 is 0 Å². The largest absolute Gasteiger partial charge is 0.396 e. The van der Waals surface area contributed by atoms with E-state index in [1.807, 2.05) is 31.2 Å². The SMILES string of the molecule is Cc1cccc(C(CO)N=[N+]=[N-])c1. The topological polar surface area (TPSA) is 69.0 Å². The molecule has 0 aliphatic carbocycles. The first-order chi connectivity index (χ1) is 6.27. The van der Waals surface area contributed by atoms with Gasteiger partial charge in [0.15, 0.2) is 0 Å². The number of benzene rings is 1. The van der Waals surface area contributed by atoms with E-state index in [2.05, 4.69) is 10.0 Å². The monoisotopic (exact) mass is 177 g/mol. The van der Waals surface area contributed by atoms with E-state index in [9.17, 15) is 0 Å². The molecule has 4 nitrogen and oxygen atoms in total. The van der Waals surface area contributed by atoms with Crippen LogP contribution in [0.3, 0.4) is 0 Å². The van der Waals surface area contributed by atoms with Gasteiger partial charge in [-0.15, -0.1) is 0 Å². The molecule has 1 N–H and O–H groups in total. The van der Waals surface area contributed by atoms with Crippen molar-refractivity contribution >= 4 is 0 Å². The Morgan fingerprint density at radius 1 is 1.62 bits per heavy atom. The molecule has 1 aromatic rings. The molecule has 68 valence electrons. The second-order valence-electron chi connectivity index (χ2n) is 2.82. The van der Waals surface area contributed by atoms with Gasteiger partial charge >= 0.3 is 0 Å². The number of aliphatic hydroxyl groups is 1. The van der Waals surface area contributed by atoms with Gasteiger partial charge in [-0.05, 0) is 18.0 Å². The van der Waals surface area contributed by atoms with Crippen molar-refractivity contribution < 1.29 is 5.11 Å². The first-order valence-corrected chi connectivity index (χ1v) is 3.99. The standard InChI is InChI=1S/C9H11N3O/c1-7-3-2-4-8(5-7)9(6-13)11-12-10/h2-5,9,13H,6H2,1H3. The van der Waals surface area contributed by atoms with Crippen molar-refractivity contribution in [2.75, 3.05) is 6.61 Å². The number of rotatable bonds is 3. The molecule has 0 aliphatic heterocycles. The van der Waals surface area contributed by atoms with Crippen molar-refractivity contribution in [3.63, 3.8) is 0 Å². The van der Waals surface area contributed by atoms with Gasteiger partial charge in [-0.25, -0.2) is 0 Å². The van der Waals surface area contributed by atoms with E-state index in [0.29, 0.717) is 0 Å². The lowest BCUT2D eigenvalue weighted by molar-refractivity contribution is 0.268. The van der Waals surface area contributed by atoms with E-state index in [-0.39, 0.29) is 6.61 Å². The van der Waals surface area contributed by atoms with Crippen LogP contribution in [0.15, 0.2) is 29.4 Å². The molecule has 0 saturated carbocycles. The lowest BCUT2D eigenvalue weighted by atomic mass is 10.1. The minimum atomic E-state index is -0.468. The number of hydrogen-bond acceptors (Lipinski definition) is 2. The van der Waals surface area contributed by atoms with Crippen LogP contribution in [-0.2, 0) is 0 Å². The maximum Gasteiger partial charge on any atom is 0.0856 e. The fourth-order valence-electron chi connectivity index (χ4n) is 1.15. The summed E-state index contributed by atoms with van der Waals surface area (Å²) in [5, 5.41) is 12.4. The molecule has 0 saturated heterocycles. The van der Waals surface area contributed by atoms with Crippen molar-refractivity contribution in [1.82, 2.24) is 0 Å². The highest BCUT2D eigenvalue weighted by atomic mass is 16.3.